The minimum absolute atomic E-state index is 0.0611. The van der Waals surface area contributed by atoms with Crippen LogP contribution in [-0.2, 0) is 6.42 Å². The Bertz CT molecular complexity index is 1170. The minimum Gasteiger partial charge on any atom is -0.435 e. The lowest BCUT2D eigenvalue weighted by atomic mass is 10.0. The second kappa shape index (κ2) is 9.12. The predicted molar refractivity (Wildman–Crippen MR) is 109 cm³/mol. The van der Waals surface area contributed by atoms with Gasteiger partial charge < -0.3 is 10.1 Å². The Labute approximate surface area is 176 Å². The quantitative estimate of drug-likeness (QED) is 0.486. The number of carbonyl (C=O) groups is 1. The van der Waals surface area contributed by atoms with Crippen LogP contribution in [0.4, 0.5) is 14.5 Å². The van der Waals surface area contributed by atoms with E-state index in [4.69, 9.17) is 0 Å². The maximum atomic E-state index is 12.9. The van der Waals surface area contributed by atoms with Crippen LogP contribution in [0.2, 0.25) is 0 Å². The number of halogens is 2. The number of para-hydroxylation sites is 1. The first-order valence-electron chi connectivity index (χ1n) is 9.35. The maximum Gasteiger partial charge on any atom is 0.387 e. The van der Waals surface area contributed by atoms with E-state index >= 15 is 0 Å². The largest absolute Gasteiger partial charge is 0.435 e. The van der Waals surface area contributed by atoms with Crippen molar-refractivity contribution in [3.63, 3.8) is 0 Å². The van der Waals surface area contributed by atoms with E-state index < -0.39 is 6.61 Å². The summed E-state index contributed by atoms with van der Waals surface area (Å²) in [6.45, 7) is -2.95. The van der Waals surface area contributed by atoms with Crippen molar-refractivity contribution in [3.8, 4) is 11.4 Å². The van der Waals surface area contributed by atoms with Gasteiger partial charge in [-0.05, 0) is 46.3 Å². The van der Waals surface area contributed by atoms with E-state index in [0.29, 0.717) is 28.9 Å². The van der Waals surface area contributed by atoms with Crippen molar-refractivity contribution >= 4 is 11.6 Å². The highest BCUT2D eigenvalue weighted by molar-refractivity contribution is 6.06. The van der Waals surface area contributed by atoms with Crippen LogP contribution < -0.4 is 10.1 Å². The number of carbonyl (C=O) groups excluding carboxylic acids is 1. The molecular weight excluding hydrogens is 404 g/mol. The van der Waals surface area contributed by atoms with Crippen LogP contribution in [0.1, 0.15) is 21.5 Å². The van der Waals surface area contributed by atoms with E-state index in [2.05, 4.69) is 25.6 Å². The Balaban J connectivity index is 1.62. The van der Waals surface area contributed by atoms with E-state index in [0.717, 1.165) is 5.56 Å². The molecule has 7 nitrogen and oxygen atoms in total. The average Bonchev–Trinajstić information content (AvgIpc) is 3.31. The number of hydrogen-bond donors (Lipinski definition) is 1. The molecule has 31 heavy (non-hydrogen) atoms. The lowest BCUT2D eigenvalue weighted by molar-refractivity contribution is -0.0503. The summed E-state index contributed by atoms with van der Waals surface area (Å²) in [7, 11) is 0. The molecule has 1 N–H and O–H groups in total. The molecule has 0 spiro atoms. The van der Waals surface area contributed by atoms with Crippen molar-refractivity contribution in [2.24, 2.45) is 0 Å². The number of aromatic nitrogens is 4. The predicted octanol–water partition coefficient (Wildman–Crippen LogP) is 4.11. The molecule has 0 aliphatic carbocycles. The molecule has 1 aromatic heterocycles. The molecule has 0 saturated heterocycles. The van der Waals surface area contributed by atoms with Crippen molar-refractivity contribution in [2.75, 3.05) is 5.32 Å². The lowest BCUT2D eigenvalue weighted by Gasteiger charge is -2.14. The highest BCUT2D eigenvalue weighted by atomic mass is 19.3. The molecule has 0 fully saturated rings. The molecule has 1 amide bonds. The van der Waals surface area contributed by atoms with Crippen molar-refractivity contribution < 1.29 is 18.3 Å². The summed E-state index contributed by atoms with van der Waals surface area (Å²) in [6.07, 6.45) is 1.76. The van der Waals surface area contributed by atoms with Gasteiger partial charge in [-0.1, -0.05) is 42.5 Å². The van der Waals surface area contributed by atoms with E-state index in [9.17, 15) is 13.6 Å². The van der Waals surface area contributed by atoms with E-state index in [-0.39, 0.29) is 11.7 Å². The van der Waals surface area contributed by atoms with E-state index in [1.807, 2.05) is 30.3 Å². The lowest BCUT2D eigenvalue weighted by Crippen LogP contribution is -2.15. The number of alkyl halides is 2. The van der Waals surface area contributed by atoms with Crippen LogP contribution >= 0.6 is 0 Å². The molecule has 156 valence electrons. The number of nitrogens with zero attached hydrogens (tertiary/aromatic N) is 4. The van der Waals surface area contributed by atoms with Crippen LogP contribution in [0.5, 0.6) is 5.75 Å². The number of nitrogens with one attached hydrogen (secondary N) is 1. The van der Waals surface area contributed by atoms with Gasteiger partial charge in [-0.2, -0.15) is 13.5 Å². The van der Waals surface area contributed by atoms with Crippen LogP contribution in [0, 0.1) is 0 Å². The van der Waals surface area contributed by atoms with Crippen LogP contribution in [0.15, 0.2) is 79.1 Å². The average molecular weight is 421 g/mol. The Kier molecular flexibility index (Phi) is 5.93. The topological polar surface area (TPSA) is 81.9 Å². The molecule has 0 aliphatic heterocycles. The van der Waals surface area contributed by atoms with Crippen LogP contribution in [0.3, 0.4) is 0 Å². The van der Waals surface area contributed by atoms with Crippen molar-refractivity contribution in [1.29, 1.82) is 0 Å². The normalized spacial score (nSPS) is 10.8. The molecule has 0 unspecified atom stereocenters. The number of tetrazole rings is 1. The van der Waals surface area contributed by atoms with Crippen molar-refractivity contribution in [3.05, 3.63) is 95.8 Å². The van der Waals surface area contributed by atoms with Gasteiger partial charge in [0.25, 0.3) is 5.91 Å². The number of anilines is 1. The third-order valence-electron chi connectivity index (χ3n) is 4.52. The third kappa shape index (κ3) is 4.89. The van der Waals surface area contributed by atoms with Crippen molar-refractivity contribution in [1.82, 2.24) is 20.2 Å². The molecular formula is C22H17F2N5O2. The minimum atomic E-state index is -2.95. The molecule has 0 saturated carbocycles. The van der Waals surface area contributed by atoms with Gasteiger partial charge in [0.05, 0.1) is 11.3 Å². The fourth-order valence-electron chi connectivity index (χ4n) is 3.16. The number of benzene rings is 3. The summed E-state index contributed by atoms with van der Waals surface area (Å²) in [6, 6.07) is 20.8. The van der Waals surface area contributed by atoms with Gasteiger partial charge in [0.2, 0.25) is 0 Å². The Morgan fingerprint density at radius 2 is 1.81 bits per heavy atom. The molecule has 0 atom stereocenters. The molecule has 4 aromatic rings. The number of ether oxygens (including phenoxy) is 1. The SMILES string of the molecule is O=C(Nc1ccc(OC(F)F)c(Cc2ccccc2)c1)c1ccccc1-n1cnnn1. The zero-order valence-electron chi connectivity index (χ0n) is 16.2. The van der Waals surface area contributed by atoms with Gasteiger partial charge in [-0.25, -0.2) is 0 Å². The van der Waals surface area contributed by atoms with Gasteiger partial charge in [0, 0.05) is 17.7 Å². The second-order valence-corrected chi connectivity index (χ2v) is 6.59. The summed E-state index contributed by atoms with van der Waals surface area (Å²) >= 11 is 0. The number of rotatable bonds is 7. The highest BCUT2D eigenvalue weighted by Crippen LogP contribution is 2.27. The summed E-state index contributed by atoms with van der Waals surface area (Å²) < 4.78 is 31.7. The summed E-state index contributed by atoms with van der Waals surface area (Å²) in [5, 5.41) is 13.8. The second-order valence-electron chi connectivity index (χ2n) is 6.59. The summed E-state index contributed by atoms with van der Waals surface area (Å²) in [5.74, 6) is -0.328. The molecule has 9 heteroatoms. The van der Waals surface area contributed by atoms with Crippen LogP contribution in [-0.4, -0.2) is 32.7 Å². The Morgan fingerprint density at radius 3 is 2.55 bits per heavy atom. The molecule has 0 radical (unpaired) electrons. The van der Waals surface area contributed by atoms with Gasteiger partial charge in [0.15, 0.2) is 0 Å². The first-order chi connectivity index (χ1) is 15.1. The standard InChI is InChI=1S/C22H17F2N5O2/c23-22(24)31-20-11-10-17(13-16(20)12-15-6-2-1-3-7-15)26-21(30)18-8-4-5-9-19(18)29-14-25-27-28-29/h1-11,13-14,22H,12H2,(H,26,30). The first-order valence-corrected chi connectivity index (χ1v) is 9.35. The zero-order chi connectivity index (χ0) is 21.6. The molecule has 0 bridgehead atoms. The fourth-order valence-corrected chi connectivity index (χ4v) is 3.16. The highest BCUT2D eigenvalue weighted by Gasteiger charge is 2.16. The monoisotopic (exact) mass is 421 g/mol. The fraction of sp³-hybridized carbons (Fsp3) is 0.0909. The van der Waals surface area contributed by atoms with Gasteiger partial charge in [-0.15, -0.1) is 5.10 Å². The Hall–Kier alpha value is -4.14. The molecule has 3 aromatic carbocycles. The molecule has 4 rings (SSSR count). The van der Waals surface area contributed by atoms with Gasteiger partial charge >= 0.3 is 6.61 Å². The number of amides is 1. The van der Waals surface area contributed by atoms with Gasteiger partial charge in [-0.3, -0.25) is 4.79 Å². The number of hydrogen-bond acceptors (Lipinski definition) is 5. The van der Waals surface area contributed by atoms with Crippen LogP contribution in [0.25, 0.3) is 5.69 Å². The zero-order valence-corrected chi connectivity index (χ0v) is 16.2. The third-order valence-corrected chi connectivity index (χ3v) is 4.52. The van der Waals surface area contributed by atoms with E-state index in [1.54, 1.807) is 30.3 Å². The Morgan fingerprint density at radius 1 is 1.03 bits per heavy atom. The summed E-state index contributed by atoms with van der Waals surface area (Å²) in [4.78, 5) is 12.9. The van der Waals surface area contributed by atoms with Crippen molar-refractivity contribution in [2.45, 2.75) is 13.0 Å². The molecule has 0 aliphatic rings. The first kappa shape index (κ1) is 20.1. The van der Waals surface area contributed by atoms with E-state index in [1.165, 1.54) is 23.1 Å². The van der Waals surface area contributed by atoms with Gasteiger partial charge in [0.1, 0.15) is 12.1 Å². The summed E-state index contributed by atoms with van der Waals surface area (Å²) in [5.41, 5.74) is 2.76. The smallest absolute Gasteiger partial charge is 0.387 e. The maximum absolute atomic E-state index is 12.9. The molecule has 1 heterocycles.